The van der Waals surface area contributed by atoms with E-state index in [1.54, 1.807) is 60.7 Å². The topological polar surface area (TPSA) is 84.9 Å². The molecule has 1 N–H and O–H groups in total. The van der Waals surface area contributed by atoms with Crippen LogP contribution in [0.2, 0.25) is 5.02 Å². The van der Waals surface area contributed by atoms with Crippen LogP contribution in [0.25, 0.3) is 5.57 Å². The molecule has 1 aliphatic rings. The summed E-state index contributed by atoms with van der Waals surface area (Å²) in [4.78, 5) is 13.2. The molecule has 0 unspecified atom stereocenters. The molecule has 0 aromatic heterocycles. The van der Waals surface area contributed by atoms with Crippen molar-refractivity contribution in [1.82, 2.24) is 5.32 Å². The van der Waals surface area contributed by atoms with Crippen molar-refractivity contribution in [2.75, 3.05) is 25.1 Å². The van der Waals surface area contributed by atoms with E-state index in [1.807, 2.05) is 6.07 Å². The quantitative estimate of drug-likeness (QED) is 0.429. The van der Waals surface area contributed by atoms with Crippen LogP contribution in [0.15, 0.2) is 84.3 Å². The minimum absolute atomic E-state index is 0.00844. The van der Waals surface area contributed by atoms with Crippen LogP contribution in [-0.2, 0) is 21.4 Å². The zero-order chi connectivity index (χ0) is 25.9. The summed E-state index contributed by atoms with van der Waals surface area (Å²) in [6.07, 6.45) is 1.47. The van der Waals surface area contributed by atoms with E-state index >= 15 is 0 Å². The second kappa shape index (κ2) is 10.5. The van der Waals surface area contributed by atoms with Crippen molar-refractivity contribution in [2.45, 2.75) is 6.54 Å². The summed E-state index contributed by atoms with van der Waals surface area (Å²) in [5, 5.41) is 3.18. The molecule has 9 heteroatoms. The van der Waals surface area contributed by atoms with Gasteiger partial charge >= 0.3 is 0 Å². The second-order valence-electron chi connectivity index (χ2n) is 7.93. The number of rotatable bonds is 8. The van der Waals surface area contributed by atoms with Gasteiger partial charge in [0.25, 0.3) is 15.9 Å². The number of halogens is 1. The largest absolute Gasteiger partial charge is 0.493 e. The monoisotopic (exact) mass is 524 g/mol. The molecule has 1 aliphatic heterocycles. The Hall–Kier alpha value is -3.75. The van der Waals surface area contributed by atoms with Crippen molar-refractivity contribution >= 4 is 38.8 Å². The molecule has 3 aromatic rings. The lowest BCUT2D eigenvalue weighted by Gasteiger charge is -2.33. The van der Waals surface area contributed by atoms with E-state index in [2.05, 4.69) is 11.9 Å². The van der Waals surface area contributed by atoms with Crippen molar-refractivity contribution in [3.8, 4) is 11.5 Å². The number of nitrogens with zero attached hydrogens (tertiary/aromatic N) is 1. The Balaban J connectivity index is 1.85. The summed E-state index contributed by atoms with van der Waals surface area (Å²) < 4.78 is 39.5. The summed E-state index contributed by atoms with van der Waals surface area (Å²) in [7, 11) is -1.19. The van der Waals surface area contributed by atoms with Crippen molar-refractivity contribution in [3.05, 3.63) is 106 Å². The predicted octanol–water partition coefficient (Wildman–Crippen LogP) is 4.77. The highest BCUT2D eigenvalue weighted by Crippen LogP contribution is 2.43. The first-order valence-corrected chi connectivity index (χ1v) is 12.9. The number of amides is 1. The Labute approximate surface area is 215 Å². The number of hydrogen-bond acceptors (Lipinski definition) is 5. The zero-order valence-electron chi connectivity index (χ0n) is 19.8. The molecule has 7 nitrogen and oxygen atoms in total. The van der Waals surface area contributed by atoms with E-state index in [0.29, 0.717) is 44.5 Å². The molecular formula is C27H25ClN2O5S. The zero-order valence-corrected chi connectivity index (χ0v) is 21.4. The Morgan fingerprint density at radius 3 is 2.42 bits per heavy atom. The number of anilines is 1. The van der Waals surface area contributed by atoms with Crippen LogP contribution in [0.3, 0.4) is 0 Å². The molecule has 3 aromatic carbocycles. The lowest BCUT2D eigenvalue weighted by Crippen LogP contribution is -2.41. The van der Waals surface area contributed by atoms with Gasteiger partial charge in [-0.25, -0.2) is 8.42 Å². The maximum atomic E-state index is 13.9. The molecule has 1 heterocycles. The van der Waals surface area contributed by atoms with Gasteiger partial charge in [-0.3, -0.25) is 9.10 Å². The van der Waals surface area contributed by atoms with Crippen LogP contribution < -0.4 is 19.1 Å². The molecule has 0 saturated carbocycles. The number of ether oxygens (including phenoxy) is 2. The lowest BCUT2D eigenvalue weighted by molar-refractivity contribution is -0.117. The predicted molar refractivity (Wildman–Crippen MR) is 142 cm³/mol. The number of carbonyl (C=O) groups excluding carboxylic acids is 1. The SMILES string of the molecule is C=CCN1c2ccc(Cl)cc2C(c2ccccc2)=C(C(=O)NCc2ccc(OC)c(OC)c2)S1(=O)=O. The first-order chi connectivity index (χ1) is 17.3. The Morgan fingerprint density at radius 2 is 1.75 bits per heavy atom. The summed E-state index contributed by atoms with van der Waals surface area (Å²) >= 11 is 6.31. The standard InChI is InChI=1S/C27H25ClN2O5S/c1-4-14-30-22-12-11-20(28)16-21(22)25(19-8-6-5-7-9-19)26(36(30,32)33)27(31)29-17-18-10-13-23(34-2)24(15-18)35-3/h4-13,15-16H,1,14,17H2,2-3H3,(H,29,31). The van der Waals surface area contributed by atoms with Gasteiger partial charge in [-0.15, -0.1) is 6.58 Å². The van der Waals surface area contributed by atoms with Crippen LogP contribution in [0.1, 0.15) is 16.7 Å². The summed E-state index contributed by atoms with van der Waals surface area (Å²) in [5.74, 6) is 0.313. The highest BCUT2D eigenvalue weighted by atomic mass is 35.5. The number of sulfonamides is 1. The first-order valence-electron chi connectivity index (χ1n) is 11.0. The van der Waals surface area contributed by atoms with Gasteiger partial charge in [0, 0.05) is 22.7 Å². The third kappa shape index (κ3) is 4.69. The maximum Gasteiger partial charge on any atom is 0.270 e. The molecule has 186 valence electrons. The van der Waals surface area contributed by atoms with Crippen molar-refractivity contribution in [3.63, 3.8) is 0 Å². The molecule has 0 aliphatic carbocycles. The van der Waals surface area contributed by atoms with Crippen LogP contribution >= 0.6 is 11.6 Å². The van der Waals surface area contributed by atoms with Crippen molar-refractivity contribution in [2.24, 2.45) is 0 Å². The van der Waals surface area contributed by atoms with Crippen LogP contribution in [0.4, 0.5) is 5.69 Å². The molecule has 0 fully saturated rings. The molecule has 0 atom stereocenters. The fourth-order valence-electron chi connectivity index (χ4n) is 4.11. The van der Waals surface area contributed by atoms with Crippen LogP contribution in [0, 0.1) is 0 Å². The highest BCUT2D eigenvalue weighted by Gasteiger charge is 2.41. The lowest BCUT2D eigenvalue weighted by atomic mass is 9.95. The van der Waals surface area contributed by atoms with Gasteiger partial charge in [0.15, 0.2) is 16.4 Å². The summed E-state index contributed by atoms with van der Waals surface area (Å²) in [6, 6.07) is 19.1. The van der Waals surface area contributed by atoms with Gasteiger partial charge in [-0.1, -0.05) is 54.1 Å². The van der Waals surface area contributed by atoms with E-state index in [9.17, 15) is 13.2 Å². The molecule has 36 heavy (non-hydrogen) atoms. The molecule has 0 spiro atoms. The average Bonchev–Trinajstić information content (AvgIpc) is 2.88. The average molecular weight is 525 g/mol. The van der Waals surface area contributed by atoms with Crippen molar-refractivity contribution in [1.29, 1.82) is 0 Å². The number of nitrogens with one attached hydrogen (secondary N) is 1. The van der Waals surface area contributed by atoms with Crippen LogP contribution in [-0.4, -0.2) is 35.1 Å². The molecule has 4 rings (SSSR count). The molecule has 0 radical (unpaired) electrons. The van der Waals surface area contributed by atoms with E-state index in [1.165, 1.54) is 24.6 Å². The normalized spacial score (nSPS) is 14.1. The third-order valence-corrected chi connectivity index (χ3v) is 7.80. The van der Waals surface area contributed by atoms with E-state index in [4.69, 9.17) is 21.1 Å². The smallest absolute Gasteiger partial charge is 0.270 e. The Bertz CT molecular complexity index is 1450. The van der Waals surface area contributed by atoms with E-state index in [0.717, 1.165) is 0 Å². The Morgan fingerprint density at radius 1 is 1.03 bits per heavy atom. The molecule has 0 saturated heterocycles. The van der Waals surface area contributed by atoms with Crippen molar-refractivity contribution < 1.29 is 22.7 Å². The van der Waals surface area contributed by atoms with Crippen LogP contribution in [0.5, 0.6) is 11.5 Å². The van der Waals surface area contributed by atoms with Gasteiger partial charge in [0.05, 0.1) is 26.5 Å². The van der Waals surface area contributed by atoms with Gasteiger partial charge < -0.3 is 14.8 Å². The van der Waals surface area contributed by atoms with Gasteiger partial charge in [0.1, 0.15) is 0 Å². The molecule has 1 amide bonds. The number of carbonyl (C=O) groups is 1. The minimum atomic E-state index is -4.24. The number of hydrogen-bond donors (Lipinski definition) is 1. The maximum absolute atomic E-state index is 13.9. The Kier molecular flexibility index (Phi) is 7.37. The summed E-state index contributed by atoms with van der Waals surface area (Å²) in [6.45, 7) is 3.76. The molecular weight excluding hydrogens is 500 g/mol. The number of benzene rings is 3. The second-order valence-corrected chi connectivity index (χ2v) is 10.2. The fraction of sp³-hybridized carbons (Fsp3) is 0.148. The minimum Gasteiger partial charge on any atom is -0.493 e. The van der Waals surface area contributed by atoms with Gasteiger partial charge in [-0.2, -0.15) is 0 Å². The summed E-state index contributed by atoms with van der Waals surface area (Å²) in [5.41, 5.74) is 2.55. The third-order valence-electron chi connectivity index (χ3n) is 5.74. The fourth-order valence-corrected chi connectivity index (χ4v) is 6.01. The highest BCUT2D eigenvalue weighted by molar-refractivity contribution is 7.97. The van der Waals surface area contributed by atoms with E-state index in [-0.39, 0.29) is 18.0 Å². The molecule has 0 bridgehead atoms. The number of methoxy groups -OCH3 is 2. The number of fused-ring (bicyclic) bond motifs is 1. The van der Waals surface area contributed by atoms with Gasteiger partial charge in [0.2, 0.25) is 0 Å². The first kappa shape index (κ1) is 25.3. The van der Waals surface area contributed by atoms with Gasteiger partial charge in [-0.05, 0) is 41.5 Å². The van der Waals surface area contributed by atoms with E-state index < -0.39 is 15.9 Å².